The highest BCUT2D eigenvalue weighted by Crippen LogP contribution is 2.28. The number of anilines is 1. The molecular weight excluding hydrogens is 282 g/mol. The van der Waals surface area contributed by atoms with Gasteiger partial charge in [-0.05, 0) is 31.7 Å². The molecule has 0 radical (unpaired) electrons. The number of aromatic amines is 1. The van der Waals surface area contributed by atoms with Crippen LogP contribution in [0.1, 0.15) is 30.2 Å². The van der Waals surface area contributed by atoms with Gasteiger partial charge in [0, 0.05) is 6.04 Å². The van der Waals surface area contributed by atoms with Crippen LogP contribution in [0, 0.1) is 0 Å². The Bertz CT molecular complexity index is 706. The van der Waals surface area contributed by atoms with E-state index in [-0.39, 0.29) is 28.0 Å². The van der Waals surface area contributed by atoms with Crippen LogP contribution in [0.15, 0.2) is 27.2 Å². The molecule has 2 aromatic heterocycles. The van der Waals surface area contributed by atoms with Crippen LogP contribution in [-0.4, -0.2) is 30.8 Å². The van der Waals surface area contributed by atoms with Gasteiger partial charge in [0.2, 0.25) is 0 Å². The van der Waals surface area contributed by atoms with Crippen molar-refractivity contribution in [2.24, 2.45) is 0 Å². The lowest BCUT2D eigenvalue weighted by Gasteiger charge is -2.09. The summed E-state index contributed by atoms with van der Waals surface area (Å²) >= 11 is 1.00. The predicted octanol–water partition coefficient (Wildman–Crippen LogP) is 0.979. The minimum atomic E-state index is -1.14. The average Bonchev–Trinajstić information content (AvgIpc) is 2.72. The Kier molecular flexibility index (Phi) is 3.79. The second-order valence-corrected chi connectivity index (χ2v) is 5.26. The van der Waals surface area contributed by atoms with E-state index in [0.717, 1.165) is 11.8 Å². The number of hydrogen-bond acceptors (Lipinski definition) is 6. The molecule has 0 aliphatic rings. The third-order valence-electron chi connectivity index (χ3n) is 2.48. The number of aromatic nitrogens is 4. The van der Waals surface area contributed by atoms with Crippen molar-refractivity contribution < 1.29 is 9.90 Å². The van der Waals surface area contributed by atoms with Crippen LogP contribution in [0.4, 0.5) is 5.69 Å². The van der Waals surface area contributed by atoms with E-state index >= 15 is 0 Å². The summed E-state index contributed by atoms with van der Waals surface area (Å²) in [4.78, 5) is 26.8. The highest BCUT2D eigenvalue weighted by Gasteiger charge is 2.18. The fraction of sp³-hybridized carbons (Fsp3) is 0.273. The van der Waals surface area contributed by atoms with Crippen LogP contribution in [-0.2, 0) is 0 Å². The van der Waals surface area contributed by atoms with Gasteiger partial charge in [0.15, 0.2) is 5.16 Å². The monoisotopic (exact) mass is 295 g/mol. The Morgan fingerprint density at radius 1 is 1.55 bits per heavy atom. The molecule has 0 saturated heterocycles. The molecule has 0 aliphatic heterocycles. The lowest BCUT2D eigenvalue weighted by molar-refractivity contribution is 0.0692. The fourth-order valence-corrected chi connectivity index (χ4v) is 2.62. The van der Waals surface area contributed by atoms with Crippen molar-refractivity contribution in [3.05, 3.63) is 28.3 Å². The maximum atomic E-state index is 11.6. The number of nitrogens with zero attached hydrogens (tertiary/aromatic N) is 3. The first-order valence-electron chi connectivity index (χ1n) is 5.73. The molecule has 0 spiro atoms. The zero-order valence-electron chi connectivity index (χ0n) is 10.8. The summed E-state index contributed by atoms with van der Waals surface area (Å²) in [6, 6.07) is 1.22. The van der Waals surface area contributed by atoms with Gasteiger partial charge < -0.3 is 10.8 Å². The highest BCUT2D eigenvalue weighted by atomic mass is 32.2. The second kappa shape index (κ2) is 5.37. The van der Waals surface area contributed by atoms with Crippen molar-refractivity contribution in [1.82, 2.24) is 19.7 Å². The molecule has 0 unspecified atom stereocenters. The molecular formula is C11H13N5O3S. The van der Waals surface area contributed by atoms with Crippen molar-refractivity contribution in [1.29, 1.82) is 0 Å². The van der Waals surface area contributed by atoms with Crippen LogP contribution in [0.5, 0.6) is 0 Å². The van der Waals surface area contributed by atoms with Crippen molar-refractivity contribution in [3.63, 3.8) is 0 Å². The lowest BCUT2D eigenvalue weighted by atomic mass is 10.3. The van der Waals surface area contributed by atoms with Gasteiger partial charge in [-0.25, -0.2) is 19.7 Å². The van der Waals surface area contributed by atoms with Crippen molar-refractivity contribution in [2.75, 3.05) is 5.73 Å². The number of H-pyrrole nitrogens is 1. The zero-order chi connectivity index (χ0) is 14.9. The van der Waals surface area contributed by atoms with Gasteiger partial charge in [0.1, 0.15) is 5.03 Å². The first kappa shape index (κ1) is 14.1. The molecule has 0 bridgehead atoms. The van der Waals surface area contributed by atoms with Crippen LogP contribution in [0.2, 0.25) is 0 Å². The van der Waals surface area contributed by atoms with E-state index in [1.807, 2.05) is 13.8 Å². The smallest absolute Gasteiger partial charge is 0.344 e. The maximum Gasteiger partial charge on any atom is 0.344 e. The van der Waals surface area contributed by atoms with Gasteiger partial charge in [-0.15, -0.1) is 5.10 Å². The average molecular weight is 295 g/mol. The Morgan fingerprint density at radius 3 is 2.85 bits per heavy atom. The van der Waals surface area contributed by atoms with Crippen molar-refractivity contribution in [2.45, 2.75) is 30.1 Å². The number of pyridine rings is 1. The predicted molar refractivity (Wildman–Crippen MR) is 73.0 cm³/mol. The van der Waals surface area contributed by atoms with Crippen molar-refractivity contribution in [3.8, 4) is 0 Å². The molecule has 20 heavy (non-hydrogen) atoms. The van der Waals surface area contributed by atoms with Gasteiger partial charge in [-0.1, -0.05) is 0 Å². The summed E-state index contributed by atoms with van der Waals surface area (Å²) in [6.45, 7) is 3.66. The summed E-state index contributed by atoms with van der Waals surface area (Å²) in [5, 5.41) is 15.9. The molecule has 0 aliphatic carbocycles. The number of nitrogen functional groups attached to an aromatic ring is 1. The molecule has 4 N–H and O–H groups in total. The van der Waals surface area contributed by atoms with E-state index < -0.39 is 5.97 Å². The summed E-state index contributed by atoms with van der Waals surface area (Å²) in [7, 11) is 0. The number of nitrogens with one attached hydrogen (secondary N) is 1. The molecule has 2 heterocycles. The van der Waals surface area contributed by atoms with Gasteiger partial charge >= 0.3 is 11.7 Å². The first-order chi connectivity index (χ1) is 9.40. The Morgan fingerprint density at radius 2 is 2.25 bits per heavy atom. The molecule has 106 valence electrons. The van der Waals surface area contributed by atoms with Gasteiger partial charge in [-0.3, -0.25) is 4.57 Å². The lowest BCUT2D eigenvalue weighted by Crippen LogP contribution is -2.19. The standard InChI is InChI=1S/C11H13N5O3S/c1-5(2)16-10(19)14-15-11(16)20-8-7(9(17)18)3-6(12)4-13-8/h3-5H,12H2,1-2H3,(H,14,19)(H,17,18). The van der Waals surface area contributed by atoms with Gasteiger partial charge in [0.25, 0.3) is 0 Å². The number of carbonyl (C=O) groups is 1. The number of carboxylic acids is 1. The van der Waals surface area contributed by atoms with E-state index in [1.165, 1.54) is 16.8 Å². The van der Waals surface area contributed by atoms with E-state index in [0.29, 0.717) is 5.16 Å². The topological polar surface area (TPSA) is 127 Å². The molecule has 8 nitrogen and oxygen atoms in total. The molecule has 0 saturated carbocycles. The molecule has 0 fully saturated rings. The minimum Gasteiger partial charge on any atom is -0.478 e. The third kappa shape index (κ3) is 2.67. The van der Waals surface area contributed by atoms with E-state index in [9.17, 15) is 9.59 Å². The maximum absolute atomic E-state index is 11.6. The number of carboxylic acid groups (broad SMARTS) is 1. The largest absolute Gasteiger partial charge is 0.478 e. The quantitative estimate of drug-likeness (QED) is 0.767. The minimum absolute atomic E-state index is 0.0271. The molecule has 2 rings (SSSR count). The number of hydrogen-bond donors (Lipinski definition) is 3. The van der Waals surface area contributed by atoms with Gasteiger partial charge in [0.05, 0.1) is 17.4 Å². The number of nitrogens with two attached hydrogens (primary N) is 1. The first-order valence-corrected chi connectivity index (χ1v) is 6.55. The Hall–Kier alpha value is -2.29. The normalized spacial score (nSPS) is 10.9. The SMILES string of the molecule is CC(C)n1c(Sc2ncc(N)cc2C(=O)O)n[nH]c1=O. The van der Waals surface area contributed by atoms with Crippen LogP contribution >= 0.6 is 11.8 Å². The van der Waals surface area contributed by atoms with E-state index in [4.69, 9.17) is 10.8 Å². The summed E-state index contributed by atoms with van der Waals surface area (Å²) < 4.78 is 1.42. The van der Waals surface area contributed by atoms with Crippen LogP contribution < -0.4 is 11.4 Å². The number of aromatic carboxylic acids is 1. The van der Waals surface area contributed by atoms with Crippen LogP contribution in [0.3, 0.4) is 0 Å². The van der Waals surface area contributed by atoms with Crippen LogP contribution in [0.25, 0.3) is 0 Å². The molecule has 0 aromatic carbocycles. The molecule has 0 atom stereocenters. The summed E-state index contributed by atoms with van der Waals surface area (Å²) in [6.07, 6.45) is 1.36. The second-order valence-electron chi connectivity index (χ2n) is 4.30. The molecule has 0 amide bonds. The summed E-state index contributed by atoms with van der Waals surface area (Å²) in [5.41, 5.74) is 5.41. The fourth-order valence-electron chi connectivity index (χ4n) is 1.61. The summed E-state index contributed by atoms with van der Waals surface area (Å²) in [5.74, 6) is -1.14. The highest BCUT2D eigenvalue weighted by molar-refractivity contribution is 7.99. The molecule has 2 aromatic rings. The van der Waals surface area contributed by atoms with Crippen molar-refractivity contribution >= 4 is 23.4 Å². The zero-order valence-corrected chi connectivity index (χ0v) is 11.6. The van der Waals surface area contributed by atoms with E-state index in [1.54, 1.807) is 0 Å². The Balaban J connectivity index is 2.45. The Labute approximate surface area is 118 Å². The number of rotatable bonds is 4. The molecule has 9 heteroatoms. The third-order valence-corrected chi connectivity index (χ3v) is 3.47. The van der Waals surface area contributed by atoms with E-state index in [2.05, 4.69) is 15.2 Å². The van der Waals surface area contributed by atoms with Gasteiger partial charge in [-0.2, -0.15) is 0 Å².